The number of fused-ring (bicyclic) bond motifs is 1. The summed E-state index contributed by atoms with van der Waals surface area (Å²) in [5.74, 6) is -1.40. The molecule has 2 aromatic carbocycles. The minimum absolute atomic E-state index is 0.0702. The van der Waals surface area contributed by atoms with E-state index in [0.717, 1.165) is 22.4 Å². The van der Waals surface area contributed by atoms with Crippen molar-refractivity contribution in [2.45, 2.75) is 25.4 Å². The molecular weight excluding hydrogens is 450 g/mol. The van der Waals surface area contributed by atoms with Gasteiger partial charge in [-0.25, -0.2) is 9.07 Å². The van der Waals surface area contributed by atoms with Gasteiger partial charge < -0.3 is 4.74 Å². The highest BCUT2D eigenvalue weighted by Crippen LogP contribution is 2.40. The Morgan fingerprint density at radius 2 is 1.76 bits per heavy atom. The van der Waals surface area contributed by atoms with Crippen LogP contribution in [-0.2, 0) is 18.0 Å². The second-order valence-electron chi connectivity index (χ2n) is 8.00. The highest BCUT2D eigenvalue weighted by atomic mass is 19.4. The molecule has 0 unspecified atom stereocenters. The van der Waals surface area contributed by atoms with Gasteiger partial charge in [-0.15, -0.1) is 0 Å². The molecule has 5 nitrogen and oxygen atoms in total. The highest BCUT2D eigenvalue weighted by molar-refractivity contribution is 5.95. The molecule has 2 aromatic heterocycles. The molecule has 0 radical (unpaired) electrons. The van der Waals surface area contributed by atoms with Gasteiger partial charge in [-0.2, -0.15) is 23.3 Å². The Morgan fingerprint density at radius 1 is 1.09 bits per heavy atom. The molecule has 34 heavy (non-hydrogen) atoms. The first-order valence-corrected chi connectivity index (χ1v) is 10.5. The van der Waals surface area contributed by atoms with Crippen LogP contribution in [0.4, 0.5) is 17.6 Å². The van der Waals surface area contributed by atoms with Crippen molar-refractivity contribution in [3.8, 4) is 17.1 Å². The number of ether oxygens (including phenoxy) is 1. The monoisotopic (exact) mass is 471 g/mol. The minimum atomic E-state index is -4.78. The first kappa shape index (κ1) is 23.4. The standard InChI is InChI=1S/C25H21F4N3O2/c1-15(16-8-4-3-5-9-16)12-17(33)14-34-21-13-19(25(27,28)29)22-23(31-32(2)24(22)30-21)18-10-6-7-11-20(18)26/h3-11,13,15H,12,14H2,1-2H3/t15-/m1/s1. The van der Waals surface area contributed by atoms with Crippen molar-refractivity contribution < 1.29 is 27.1 Å². The zero-order valence-electron chi connectivity index (χ0n) is 18.4. The van der Waals surface area contributed by atoms with Crippen LogP contribution in [0.3, 0.4) is 0 Å². The fraction of sp³-hybridized carbons (Fsp3) is 0.240. The first-order valence-electron chi connectivity index (χ1n) is 10.5. The van der Waals surface area contributed by atoms with Gasteiger partial charge in [0.25, 0.3) is 0 Å². The predicted octanol–water partition coefficient (Wildman–Crippen LogP) is 5.93. The van der Waals surface area contributed by atoms with Gasteiger partial charge in [0, 0.05) is 25.1 Å². The topological polar surface area (TPSA) is 57.0 Å². The maximum atomic E-state index is 14.3. The van der Waals surface area contributed by atoms with Crippen molar-refractivity contribution >= 4 is 16.8 Å². The van der Waals surface area contributed by atoms with Gasteiger partial charge in [-0.3, -0.25) is 4.79 Å². The van der Waals surface area contributed by atoms with Crippen LogP contribution in [0.15, 0.2) is 60.7 Å². The molecular formula is C25H21F4N3O2. The lowest BCUT2D eigenvalue weighted by Crippen LogP contribution is -2.15. The lowest BCUT2D eigenvalue weighted by molar-refractivity contribution is -0.136. The number of ketones is 1. The molecule has 2 heterocycles. The molecule has 0 aliphatic heterocycles. The molecule has 4 rings (SSSR count). The number of Topliss-reactive ketones (excluding diaryl/α,β-unsaturated/α-hetero) is 1. The third-order valence-corrected chi connectivity index (χ3v) is 5.49. The summed E-state index contributed by atoms with van der Waals surface area (Å²) >= 11 is 0. The average Bonchev–Trinajstić information content (AvgIpc) is 3.13. The number of aryl methyl sites for hydroxylation is 1. The van der Waals surface area contributed by atoms with Crippen molar-refractivity contribution in [3.63, 3.8) is 0 Å². The van der Waals surface area contributed by atoms with E-state index in [1.54, 1.807) is 0 Å². The van der Waals surface area contributed by atoms with E-state index in [-0.39, 0.29) is 46.3 Å². The maximum Gasteiger partial charge on any atom is 0.417 e. The van der Waals surface area contributed by atoms with Crippen LogP contribution in [0.5, 0.6) is 5.88 Å². The zero-order chi connectivity index (χ0) is 24.5. The molecule has 0 bridgehead atoms. The van der Waals surface area contributed by atoms with Crippen molar-refractivity contribution in [2.24, 2.45) is 7.05 Å². The van der Waals surface area contributed by atoms with Crippen LogP contribution in [0.25, 0.3) is 22.3 Å². The average molecular weight is 471 g/mol. The van der Waals surface area contributed by atoms with Crippen LogP contribution in [0, 0.1) is 5.82 Å². The smallest absolute Gasteiger partial charge is 0.417 e. The fourth-order valence-electron chi connectivity index (χ4n) is 3.82. The number of carbonyl (C=O) groups excluding carboxylic acids is 1. The Hall–Kier alpha value is -3.75. The maximum absolute atomic E-state index is 14.3. The van der Waals surface area contributed by atoms with E-state index in [2.05, 4.69) is 10.1 Å². The van der Waals surface area contributed by atoms with Crippen LogP contribution in [0.2, 0.25) is 0 Å². The van der Waals surface area contributed by atoms with E-state index < -0.39 is 24.2 Å². The lowest BCUT2D eigenvalue weighted by atomic mass is 9.96. The van der Waals surface area contributed by atoms with Gasteiger partial charge in [-0.05, 0) is 23.6 Å². The molecule has 0 aliphatic carbocycles. The van der Waals surface area contributed by atoms with Crippen LogP contribution in [-0.4, -0.2) is 27.2 Å². The van der Waals surface area contributed by atoms with Gasteiger partial charge >= 0.3 is 6.18 Å². The molecule has 0 aliphatic rings. The number of pyridine rings is 1. The summed E-state index contributed by atoms with van der Waals surface area (Å²) in [7, 11) is 1.41. The second-order valence-corrected chi connectivity index (χ2v) is 8.00. The number of nitrogens with zero attached hydrogens (tertiary/aromatic N) is 3. The third kappa shape index (κ3) is 4.78. The number of halogens is 4. The van der Waals surface area contributed by atoms with E-state index in [4.69, 9.17) is 4.74 Å². The van der Waals surface area contributed by atoms with Gasteiger partial charge in [-0.1, -0.05) is 49.4 Å². The van der Waals surface area contributed by atoms with Gasteiger partial charge in [0.15, 0.2) is 11.4 Å². The minimum Gasteiger partial charge on any atom is -0.470 e. The lowest BCUT2D eigenvalue weighted by Gasteiger charge is -2.13. The molecule has 0 spiro atoms. The number of hydrogen-bond acceptors (Lipinski definition) is 4. The van der Waals surface area contributed by atoms with Gasteiger partial charge in [0.05, 0.1) is 10.9 Å². The Balaban J connectivity index is 1.64. The summed E-state index contributed by atoms with van der Waals surface area (Å²) in [5.41, 5.74) is -0.462. The second kappa shape index (κ2) is 9.24. The molecule has 1 atom stereocenters. The summed E-state index contributed by atoms with van der Waals surface area (Å²) in [4.78, 5) is 16.5. The van der Waals surface area contributed by atoms with E-state index in [1.807, 2.05) is 37.3 Å². The fourth-order valence-corrected chi connectivity index (χ4v) is 3.82. The Morgan fingerprint density at radius 3 is 2.44 bits per heavy atom. The first-order chi connectivity index (χ1) is 16.1. The van der Waals surface area contributed by atoms with Crippen molar-refractivity contribution in [2.75, 3.05) is 6.61 Å². The van der Waals surface area contributed by atoms with Crippen LogP contribution < -0.4 is 4.74 Å². The van der Waals surface area contributed by atoms with Crippen molar-refractivity contribution in [3.05, 3.63) is 77.6 Å². The number of aromatic nitrogens is 3. The van der Waals surface area contributed by atoms with Gasteiger partial charge in [0.2, 0.25) is 5.88 Å². The molecule has 176 valence electrons. The number of benzene rings is 2. The summed E-state index contributed by atoms with van der Waals surface area (Å²) in [5, 5.41) is 3.76. The summed E-state index contributed by atoms with van der Waals surface area (Å²) in [6, 6.07) is 15.6. The molecule has 0 fully saturated rings. The number of hydrogen-bond donors (Lipinski definition) is 0. The third-order valence-electron chi connectivity index (χ3n) is 5.49. The van der Waals surface area contributed by atoms with E-state index in [9.17, 15) is 22.4 Å². The Labute approximate surface area is 193 Å². The summed E-state index contributed by atoms with van der Waals surface area (Å²) in [6.07, 6.45) is -4.62. The quantitative estimate of drug-likeness (QED) is 0.313. The summed E-state index contributed by atoms with van der Waals surface area (Å²) in [6.45, 7) is 1.46. The summed E-state index contributed by atoms with van der Waals surface area (Å²) < 4.78 is 62.8. The van der Waals surface area contributed by atoms with Crippen LogP contribution in [0.1, 0.15) is 30.4 Å². The van der Waals surface area contributed by atoms with E-state index in [1.165, 1.54) is 25.2 Å². The molecule has 0 N–H and O–H groups in total. The van der Waals surface area contributed by atoms with Crippen molar-refractivity contribution in [1.82, 2.24) is 14.8 Å². The Kier molecular flexibility index (Phi) is 6.37. The van der Waals surface area contributed by atoms with Gasteiger partial charge in [0.1, 0.15) is 18.1 Å². The number of carbonyl (C=O) groups is 1. The largest absolute Gasteiger partial charge is 0.470 e. The highest BCUT2D eigenvalue weighted by Gasteiger charge is 2.37. The van der Waals surface area contributed by atoms with E-state index >= 15 is 0 Å². The molecule has 9 heteroatoms. The molecule has 0 amide bonds. The Bertz CT molecular complexity index is 1330. The van der Waals surface area contributed by atoms with Crippen molar-refractivity contribution in [1.29, 1.82) is 0 Å². The molecule has 0 saturated carbocycles. The zero-order valence-corrected chi connectivity index (χ0v) is 18.4. The van der Waals surface area contributed by atoms with E-state index in [0.29, 0.717) is 0 Å². The number of rotatable bonds is 7. The molecule has 0 saturated heterocycles. The van der Waals surface area contributed by atoms with Crippen LogP contribution >= 0.6 is 0 Å². The number of alkyl halides is 3. The SMILES string of the molecule is C[C@H](CC(=O)COc1cc(C(F)(F)F)c2c(-c3ccccc3F)nn(C)c2n1)c1ccccc1. The predicted molar refractivity (Wildman–Crippen MR) is 119 cm³/mol. The molecule has 4 aromatic rings. The normalized spacial score (nSPS) is 12.6.